The Balaban J connectivity index is 1.35. The molecule has 0 radical (unpaired) electrons. The van der Waals surface area contributed by atoms with Crippen LogP contribution in [0.1, 0.15) is 34.3 Å². The second kappa shape index (κ2) is 7.09. The van der Waals surface area contributed by atoms with Gasteiger partial charge in [-0.1, -0.05) is 23.7 Å². The van der Waals surface area contributed by atoms with Crippen molar-refractivity contribution in [2.75, 3.05) is 25.0 Å². The van der Waals surface area contributed by atoms with Crippen molar-refractivity contribution < 1.29 is 4.79 Å². The molecule has 25 heavy (non-hydrogen) atoms. The van der Waals surface area contributed by atoms with Crippen molar-refractivity contribution in [2.24, 2.45) is 5.92 Å². The summed E-state index contributed by atoms with van der Waals surface area (Å²) in [6.45, 7) is 2.68. The summed E-state index contributed by atoms with van der Waals surface area (Å²) >= 11 is 5.95. The van der Waals surface area contributed by atoms with Gasteiger partial charge < -0.3 is 10.2 Å². The summed E-state index contributed by atoms with van der Waals surface area (Å²) in [6.07, 6.45) is 4.23. The van der Waals surface area contributed by atoms with Gasteiger partial charge in [0.2, 0.25) is 0 Å². The van der Waals surface area contributed by atoms with Gasteiger partial charge >= 0.3 is 0 Å². The molecule has 2 aromatic carbocycles. The minimum atomic E-state index is 0.180. The predicted octanol–water partition coefficient (Wildman–Crippen LogP) is 4.40. The molecule has 0 spiro atoms. The van der Waals surface area contributed by atoms with E-state index >= 15 is 0 Å². The number of nitrogens with one attached hydrogen (secondary N) is 1. The zero-order valence-corrected chi connectivity index (χ0v) is 15.1. The quantitative estimate of drug-likeness (QED) is 0.885. The first-order chi connectivity index (χ1) is 12.2. The van der Waals surface area contributed by atoms with E-state index in [4.69, 9.17) is 11.6 Å². The first-order valence-electron chi connectivity index (χ1n) is 9.09. The van der Waals surface area contributed by atoms with Crippen LogP contribution in [0, 0.1) is 5.92 Å². The molecule has 0 unspecified atom stereocenters. The Labute approximate surface area is 154 Å². The lowest BCUT2D eigenvalue weighted by molar-refractivity contribution is 0.0690. The number of piperidine rings is 1. The molecule has 4 heteroatoms. The summed E-state index contributed by atoms with van der Waals surface area (Å²) in [5.74, 6) is 0.828. The van der Waals surface area contributed by atoms with Crippen molar-refractivity contribution in [3.63, 3.8) is 0 Å². The Morgan fingerprint density at radius 1 is 1.12 bits per heavy atom. The molecule has 2 aliphatic rings. The molecule has 1 fully saturated rings. The van der Waals surface area contributed by atoms with Gasteiger partial charge in [0.1, 0.15) is 0 Å². The smallest absolute Gasteiger partial charge is 0.253 e. The van der Waals surface area contributed by atoms with Crippen LogP contribution in [0.4, 0.5) is 5.69 Å². The van der Waals surface area contributed by atoms with Gasteiger partial charge in [-0.2, -0.15) is 0 Å². The molecular formula is C21H23ClN2O. The molecule has 130 valence electrons. The number of fused-ring (bicyclic) bond motifs is 1. The molecular weight excluding hydrogens is 332 g/mol. The number of amides is 1. The number of hydrogen-bond donors (Lipinski definition) is 1. The second-order valence-corrected chi connectivity index (χ2v) is 7.55. The average molecular weight is 355 g/mol. The fourth-order valence-electron chi connectivity index (χ4n) is 3.91. The summed E-state index contributed by atoms with van der Waals surface area (Å²) in [4.78, 5) is 14.8. The van der Waals surface area contributed by atoms with E-state index in [0.29, 0.717) is 5.92 Å². The molecule has 0 aromatic heterocycles. The zero-order chi connectivity index (χ0) is 17.2. The fraction of sp³-hybridized carbons (Fsp3) is 0.381. The Kier molecular flexibility index (Phi) is 4.67. The number of carbonyl (C=O) groups excluding carboxylic acids is 1. The molecule has 4 rings (SSSR count). The minimum Gasteiger partial charge on any atom is -0.384 e. The highest BCUT2D eigenvalue weighted by Crippen LogP contribution is 2.26. The number of halogens is 1. The first kappa shape index (κ1) is 16.5. The topological polar surface area (TPSA) is 32.3 Å². The van der Waals surface area contributed by atoms with E-state index < -0.39 is 0 Å². The lowest BCUT2D eigenvalue weighted by Gasteiger charge is -2.32. The Morgan fingerprint density at radius 2 is 1.88 bits per heavy atom. The van der Waals surface area contributed by atoms with Crippen LogP contribution in [0.5, 0.6) is 0 Å². The normalized spacial score (nSPS) is 17.2. The molecule has 0 saturated carbocycles. The van der Waals surface area contributed by atoms with Crippen molar-refractivity contribution in [1.29, 1.82) is 0 Å². The fourth-order valence-corrected chi connectivity index (χ4v) is 4.04. The monoisotopic (exact) mass is 354 g/mol. The molecule has 0 aliphatic carbocycles. The van der Waals surface area contributed by atoms with E-state index in [0.717, 1.165) is 55.9 Å². The van der Waals surface area contributed by atoms with Gasteiger partial charge in [0.15, 0.2) is 0 Å². The van der Waals surface area contributed by atoms with E-state index in [1.807, 2.05) is 29.2 Å². The van der Waals surface area contributed by atoms with Crippen LogP contribution in [0.25, 0.3) is 0 Å². The van der Waals surface area contributed by atoms with E-state index in [2.05, 4.69) is 23.5 Å². The molecule has 0 atom stereocenters. The highest BCUT2D eigenvalue weighted by Gasteiger charge is 2.24. The highest BCUT2D eigenvalue weighted by atomic mass is 35.5. The number of likely N-dealkylation sites (tertiary alicyclic amines) is 1. The molecule has 3 nitrogen and oxygen atoms in total. The minimum absolute atomic E-state index is 0.180. The molecule has 2 aliphatic heterocycles. The third kappa shape index (κ3) is 3.67. The van der Waals surface area contributed by atoms with Gasteiger partial charge in [-0.05, 0) is 73.1 Å². The van der Waals surface area contributed by atoms with E-state index in [1.54, 1.807) is 0 Å². The summed E-state index contributed by atoms with van der Waals surface area (Å²) in [7, 11) is 0. The van der Waals surface area contributed by atoms with E-state index in [-0.39, 0.29) is 5.91 Å². The maximum atomic E-state index is 12.8. The van der Waals surface area contributed by atoms with Crippen LogP contribution in [0.2, 0.25) is 5.02 Å². The SMILES string of the molecule is O=C(c1ccc2c(c1)CCN2)N1CCC(Cc2ccc(Cl)cc2)CC1. The standard InChI is InChI=1S/C21H23ClN2O/c22-19-4-1-15(2-5-19)13-16-8-11-24(12-9-16)21(25)18-3-6-20-17(14-18)7-10-23-20/h1-6,14,16,23H,7-13H2. The lowest BCUT2D eigenvalue weighted by atomic mass is 9.90. The van der Waals surface area contributed by atoms with Crippen LogP contribution in [-0.2, 0) is 12.8 Å². The Hall–Kier alpha value is -2.00. The Morgan fingerprint density at radius 3 is 2.64 bits per heavy atom. The average Bonchev–Trinajstić information content (AvgIpc) is 3.11. The van der Waals surface area contributed by atoms with Crippen molar-refractivity contribution in [3.8, 4) is 0 Å². The van der Waals surface area contributed by atoms with Gasteiger partial charge in [-0.3, -0.25) is 4.79 Å². The van der Waals surface area contributed by atoms with Gasteiger partial charge in [0.25, 0.3) is 5.91 Å². The summed E-state index contributed by atoms with van der Waals surface area (Å²) in [5, 5.41) is 4.13. The van der Waals surface area contributed by atoms with Gasteiger partial charge in [-0.25, -0.2) is 0 Å². The number of carbonyl (C=O) groups is 1. The van der Waals surface area contributed by atoms with Crippen molar-refractivity contribution in [1.82, 2.24) is 4.90 Å². The Bertz CT molecular complexity index is 764. The van der Waals surface area contributed by atoms with Crippen LogP contribution in [0.3, 0.4) is 0 Å². The molecule has 2 aromatic rings. The number of anilines is 1. The van der Waals surface area contributed by atoms with Crippen molar-refractivity contribution in [3.05, 3.63) is 64.2 Å². The van der Waals surface area contributed by atoms with Gasteiger partial charge in [0.05, 0.1) is 0 Å². The van der Waals surface area contributed by atoms with Crippen LogP contribution in [0.15, 0.2) is 42.5 Å². The number of hydrogen-bond acceptors (Lipinski definition) is 2. The first-order valence-corrected chi connectivity index (χ1v) is 9.47. The van der Waals surface area contributed by atoms with Gasteiger partial charge in [0, 0.05) is 35.9 Å². The van der Waals surface area contributed by atoms with Crippen molar-refractivity contribution in [2.45, 2.75) is 25.7 Å². The van der Waals surface area contributed by atoms with Crippen LogP contribution >= 0.6 is 11.6 Å². The third-order valence-electron chi connectivity index (χ3n) is 5.40. The predicted molar refractivity (Wildman–Crippen MR) is 102 cm³/mol. The molecule has 1 saturated heterocycles. The maximum Gasteiger partial charge on any atom is 0.253 e. The summed E-state index contributed by atoms with van der Waals surface area (Å²) in [6, 6.07) is 14.2. The van der Waals surface area contributed by atoms with Crippen LogP contribution < -0.4 is 5.32 Å². The number of nitrogens with zero attached hydrogens (tertiary/aromatic N) is 1. The van der Waals surface area contributed by atoms with E-state index in [1.165, 1.54) is 16.8 Å². The molecule has 1 N–H and O–H groups in total. The maximum absolute atomic E-state index is 12.8. The van der Waals surface area contributed by atoms with Crippen LogP contribution in [-0.4, -0.2) is 30.4 Å². The molecule has 1 amide bonds. The highest BCUT2D eigenvalue weighted by molar-refractivity contribution is 6.30. The van der Waals surface area contributed by atoms with Crippen molar-refractivity contribution >= 4 is 23.2 Å². The summed E-state index contributed by atoms with van der Waals surface area (Å²) in [5.41, 5.74) is 4.61. The lowest BCUT2D eigenvalue weighted by Crippen LogP contribution is -2.38. The number of rotatable bonds is 3. The van der Waals surface area contributed by atoms with E-state index in [9.17, 15) is 4.79 Å². The van der Waals surface area contributed by atoms with Gasteiger partial charge in [-0.15, -0.1) is 0 Å². The second-order valence-electron chi connectivity index (χ2n) is 7.11. The summed E-state index contributed by atoms with van der Waals surface area (Å²) < 4.78 is 0. The largest absolute Gasteiger partial charge is 0.384 e. The number of benzene rings is 2. The zero-order valence-electron chi connectivity index (χ0n) is 14.3. The third-order valence-corrected chi connectivity index (χ3v) is 5.65. The molecule has 0 bridgehead atoms. The molecule has 2 heterocycles.